The fourth-order valence-electron chi connectivity index (χ4n) is 4.60. The molecule has 0 radical (unpaired) electrons. The molecule has 1 aromatic carbocycles. The van der Waals surface area contributed by atoms with Gasteiger partial charge in [-0.25, -0.2) is 9.18 Å². The third kappa shape index (κ3) is 5.76. The highest BCUT2D eigenvalue weighted by atomic mass is 79.9. The van der Waals surface area contributed by atoms with Crippen LogP contribution in [0.3, 0.4) is 0 Å². The fraction of sp³-hybridized carbons (Fsp3) is 0.233. The van der Waals surface area contributed by atoms with Gasteiger partial charge in [0.05, 0.1) is 12.1 Å². The number of rotatable bonds is 10. The van der Waals surface area contributed by atoms with Crippen molar-refractivity contribution in [1.29, 1.82) is 0 Å². The van der Waals surface area contributed by atoms with Crippen molar-refractivity contribution >= 4 is 44.7 Å². The summed E-state index contributed by atoms with van der Waals surface area (Å²) in [5.41, 5.74) is 0.846. The topological polar surface area (TPSA) is 119 Å². The first-order valence-electron chi connectivity index (χ1n) is 12.8. The molecule has 0 unspecified atom stereocenters. The van der Waals surface area contributed by atoms with Crippen molar-refractivity contribution in [3.63, 3.8) is 0 Å². The highest BCUT2D eigenvalue weighted by molar-refractivity contribution is 9.10. The van der Waals surface area contributed by atoms with Crippen LogP contribution in [0.25, 0.3) is 11.0 Å². The second-order valence-electron chi connectivity index (χ2n) is 9.25. The van der Waals surface area contributed by atoms with Crippen LogP contribution in [0.15, 0.2) is 75.7 Å². The predicted octanol–water partition coefficient (Wildman–Crippen LogP) is 4.59. The average Bonchev–Trinajstić information content (AvgIpc) is 3.14. The Morgan fingerprint density at radius 1 is 1.17 bits per heavy atom. The second-order valence-corrected chi connectivity index (χ2v) is 10.0. The minimum absolute atomic E-state index is 0.00427. The Morgan fingerprint density at radius 2 is 1.88 bits per heavy atom. The summed E-state index contributed by atoms with van der Waals surface area (Å²) in [6.45, 7) is 6.69. The molecule has 1 N–H and O–H groups in total. The number of aromatic nitrogens is 2. The number of pyridine rings is 2. The molecule has 212 valence electrons. The van der Waals surface area contributed by atoms with Gasteiger partial charge in [0.2, 0.25) is 0 Å². The van der Waals surface area contributed by atoms with Crippen LogP contribution in [0.2, 0.25) is 0 Å². The van der Waals surface area contributed by atoms with Gasteiger partial charge in [0, 0.05) is 41.3 Å². The number of fused-ring (bicyclic) bond motifs is 1. The van der Waals surface area contributed by atoms with Gasteiger partial charge < -0.3 is 14.4 Å². The molecule has 0 fully saturated rings. The number of esters is 1. The van der Waals surface area contributed by atoms with Gasteiger partial charge in [-0.15, -0.1) is 0 Å². The molecule has 0 spiro atoms. The molecule has 3 heterocycles. The number of carbonyl (C=O) groups is 3. The Hall–Kier alpha value is -4.38. The molecule has 1 aliphatic rings. The lowest BCUT2D eigenvalue weighted by Gasteiger charge is -2.19. The van der Waals surface area contributed by atoms with E-state index in [1.54, 1.807) is 32.1 Å². The molecule has 2 aromatic heterocycles. The Labute approximate surface area is 243 Å². The number of benzene rings is 1. The largest absolute Gasteiger partial charge is 0.505 e. The Balaban J connectivity index is 1.74. The molecule has 0 saturated heterocycles. The number of nitrogens with zero attached hydrogens (tertiary/aromatic N) is 3. The van der Waals surface area contributed by atoms with Gasteiger partial charge in [-0.05, 0) is 65.5 Å². The third-order valence-corrected chi connectivity index (χ3v) is 7.53. The van der Waals surface area contributed by atoms with E-state index < -0.39 is 34.7 Å². The van der Waals surface area contributed by atoms with Crippen LogP contribution in [-0.2, 0) is 27.3 Å². The molecular weight excluding hydrogens is 597 g/mol. The van der Waals surface area contributed by atoms with Crippen molar-refractivity contribution in [1.82, 2.24) is 14.5 Å². The normalized spacial score (nSPS) is 13.6. The lowest BCUT2D eigenvalue weighted by molar-refractivity contribution is -0.137. The molecule has 0 saturated carbocycles. The van der Waals surface area contributed by atoms with E-state index in [2.05, 4.69) is 27.5 Å². The van der Waals surface area contributed by atoms with Crippen molar-refractivity contribution < 1.29 is 28.6 Å². The van der Waals surface area contributed by atoms with Crippen LogP contribution in [-0.4, -0.2) is 50.5 Å². The molecule has 4 rings (SSSR count). The minimum atomic E-state index is -0.998. The van der Waals surface area contributed by atoms with Crippen LogP contribution in [0.4, 0.5) is 4.39 Å². The number of hydrogen-bond donors (Lipinski definition) is 1. The van der Waals surface area contributed by atoms with Gasteiger partial charge >= 0.3 is 5.97 Å². The summed E-state index contributed by atoms with van der Waals surface area (Å²) < 4.78 is 20.1. The molecule has 0 bridgehead atoms. The molecule has 0 atom stereocenters. The van der Waals surface area contributed by atoms with Gasteiger partial charge in [-0.3, -0.25) is 24.3 Å². The van der Waals surface area contributed by atoms with Crippen LogP contribution < -0.4 is 5.56 Å². The van der Waals surface area contributed by atoms with Gasteiger partial charge in [-0.1, -0.05) is 30.9 Å². The first-order valence-corrected chi connectivity index (χ1v) is 13.6. The maximum Gasteiger partial charge on any atom is 0.347 e. The van der Waals surface area contributed by atoms with Crippen molar-refractivity contribution in [3.8, 4) is 5.75 Å². The van der Waals surface area contributed by atoms with Gasteiger partial charge in [-0.2, -0.15) is 0 Å². The molecule has 0 aliphatic carbocycles. The number of allylic oxidation sites excluding steroid dienone is 2. The fourth-order valence-corrected chi connectivity index (χ4v) is 5.25. The monoisotopic (exact) mass is 623 g/mol. The maximum absolute atomic E-state index is 13.6. The lowest BCUT2D eigenvalue weighted by Crippen LogP contribution is -2.34. The Morgan fingerprint density at radius 3 is 2.54 bits per heavy atom. The summed E-state index contributed by atoms with van der Waals surface area (Å²) in [6, 6.07) is 5.92. The molecular formula is C30H27BrFN3O6. The standard InChI is InChI=1S/C30H27BrFN3O6/c1-4-6-8-21-17(3)27(37)35(28(21)38)14-7-13-34-25-23(31)19(15-18-9-11-20(32)12-10-18)16-33-24(25)26(36)22(29(34)39)30(40)41-5-2/h4,6,8-12,16,36H,1,5,7,13-15H2,2-3H3/b8-6-. The van der Waals surface area contributed by atoms with E-state index in [4.69, 9.17) is 4.74 Å². The van der Waals surface area contributed by atoms with Crippen LogP contribution in [0.1, 0.15) is 41.8 Å². The summed E-state index contributed by atoms with van der Waals surface area (Å²) in [7, 11) is 0. The first kappa shape index (κ1) is 29.6. The van der Waals surface area contributed by atoms with Crippen molar-refractivity contribution in [2.45, 2.75) is 33.2 Å². The number of carbonyl (C=O) groups excluding carboxylic acids is 3. The minimum Gasteiger partial charge on any atom is -0.505 e. The number of imide groups is 1. The molecule has 2 amide bonds. The Kier molecular flexibility index (Phi) is 8.97. The van der Waals surface area contributed by atoms with E-state index in [9.17, 15) is 28.7 Å². The average molecular weight is 624 g/mol. The quantitative estimate of drug-likeness (QED) is 0.199. The smallest absolute Gasteiger partial charge is 0.347 e. The van der Waals surface area contributed by atoms with Crippen LogP contribution in [0.5, 0.6) is 5.75 Å². The number of halogens is 2. The van der Waals surface area contributed by atoms with E-state index in [0.717, 1.165) is 10.5 Å². The maximum atomic E-state index is 13.6. The van der Waals surface area contributed by atoms with Gasteiger partial charge in [0.1, 0.15) is 11.3 Å². The predicted molar refractivity (Wildman–Crippen MR) is 154 cm³/mol. The van der Waals surface area contributed by atoms with Crippen molar-refractivity contribution in [3.05, 3.63) is 104 Å². The highest BCUT2D eigenvalue weighted by Crippen LogP contribution is 2.33. The lowest BCUT2D eigenvalue weighted by atomic mass is 10.1. The number of ether oxygens (including phenoxy) is 1. The summed E-state index contributed by atoms with van der Waals surface area (Å²) >= 11 is 3.54. The van der Waals surface area contributed by atoms with Crippen molar-refractivity contribution in [2.24, 2.45) is 0 Å². The zero-order chi connectivity index (χ0) is 29.8. The first-order chi connectivity index (χ1) is 19.6. The second kappa shape index (κ2) is 12.4. The summed E-state index contributed by atoms with van der Waals surface area (Å²) in [5.74, 6) is -2.87. The Bertz CT molecular complexity index is 1690. The molecule has 41 heavy (non-hydrogen) atoms. The van der Waals surface area contributed by atoms with Crippen molar-refractivity contribution in [2.75, 3.05) is 13.2 Å². The van der Waals surface area contributed by atoms with Gasteiger partial charge in [0.15, 0.2) is 11.3 Å². The highest BCUT2D eigenvalue weighted by Gasteiger charge is 2.34. The SMILES string of the molecule is C=C/C=C\C1=C(C)C(=O)N(CCCn2c(=O)c(C(=O)OCC)c(O)c3ncc(Cc4ccc(F)cc4)c(Br)c32)C1=O. The van der Waals surface area contributed by atoms with E-state index in [0.29, 0.717) is 22.0 Å². The number of amides is 2. The zero-order valence-corrected chi connectivity index (χ0v) is 24.0. The van der Waals surface area contributed by atoms with Crippen LogP contribution >= 0.6 is 15.9 Å². The molecule has 1 aliphatic heterocycles. The van der Waals surface area contributed by atoms with Gasteiger partial charge in [0.25, 0.3) is 17.4 Å². The summed E-state index contributed by atoms with van der Waals surface area (Å²) in [6.07, 6.45) is 6.59. The third-order valence-electron chi connectivity index (χ3n) is 6.65. The van der Waals surface area contributed by atoms with E-state index in [1.807, 2.05) is 0 Å². The molecule has 11 heteroatoms. The molecule has 9 nitrogen and oxygen atoms in total. The number of hydrogen-bond acceptors (Lipinski definition) is 7. The van der Waals surface area contributed by atoms with E-state index in [-0.39, 0.29) is 48.5 Å². The van der Waals surface area contributed by atoms with E-state index in [1.165, 1.54) is 35.0 Å². The number of aryl methyl sites for hydroxylation is 1. The zero-order valence-electron chi connectivity index (χ0n) is 22.4. The molecule has 3 aromatic rings. The number of aromatic hydroxyl groups is 1. The van der Waals surface area contributed by atoms with Crippen LogP contribution in [0, 0.1) is 5.82 Å². The summed E-state index contributed by atoms with van der Waals surface area (Å²) in [4.78, 5) is 57.3. The van der Waals surface area contributed by atoms with E-state index >= 15 is 0 Å². The summed E-state index contributed by atoms with van der Waals surface area (Å²) in [5, 5.41) is 10.9.